The van der Waals surface area contributed by atoms with Crippen molar-refractivity contribution in [3.63, 3.8) is 0 Å². The average Bonchev–Trinajstić information content (AvgIpc) is 3.02. The summed E-state index contributed by atoms with van der Waals surface area (Å²) in [7, 11) is -3.31. The van der Waals surface area contributed by atoms with Crippen molar-refractivity contribution in [1.82, 2.24) is 15.1 Å². The molecule has 0 bridgehead atoms. The third-order valence-electron chi connectivity index (χ3n) is 9.27. The van der Waals surface area contributed by atoms with Crippen LogP contribution in [0.1, 0.15) is 90.0 Å². The normalized spacial score (nSPS) is 17.0. The number of halogens is 2. The van der Waals surface area contributed by atoms with E-state index in [9.17, 15) is 13.2 Å². The van der Waals surface area contributed by atoms with E-state index < -0.39 is 15.6 Å². The third kappa shape index (κ3) is 12.2. The zero-order valence-electron chi connectivity index (χ0n) is 28.0. The summed E-state index contributed by atoms with van der Waals surface area (Å²) in [6.07, 6.45) is 13.8. The molecule has 0 aromatic heterocycles. The molecule has 2 aromatic carbocycles. The van der Waals surface area contributed by atoms with Crippen molar-refractivity contribution in [1.29, 1.82) is 0 Å². The smallest absolute Gasteiger partial charge is 0.240 e. The Morgan fingerprint density at radius 3 is 1.96 bits per heavy atom. The number of likely N-dealkylation sites (tertiary alicyclic amines) is 1. The second-order valence-electron chi connectivity index (χ2n) is 12.9. The predicted molar refractivity (Wildman–Crippen MR) is 194 cm³/mol. The largest absolute Gasteiger partial charge is 0.457 e. The molecule has 2 fully saturated rings. The van der Waals surface area contributed by atoms with E-state index in [4.69, 9.17) is 4.74 Å². The SMILES string of the molecule is CCCCN(CCCC)C1(C(=O)NCC2CCCCC2)CCN(Cc2ccc(Oc3ccc(NS(C)(=O)=O)cc3)cc2)CC1.Cl.Cl. The average molecular weight is 700 g/mol. The number of rotatable bonds is 16. The number of sulfonamides is 1. The number of benzene rings is 2. The maximum absolute atomic E-state index is 14.0. The van der Waals surface area contributed by atoms with E-state index in [-0.39, 0.29) is 30.7 Å². The Bertz CT molecular complexity index is 1260. The van der Waals surface area contributed by atoms with E-state index in [1.807, 2.05) is 12.1 Å². The van der Waals surface area contributed by atoms with Crippen molar-refractivity contribution >= 4 is 46.4 Å². The second kappa shape index (κ2) is 19.7. The van der Waals surface area contributed by atoms with E-state index in [1.54, 1.807) is 24.3 Å². The highest BCUT2D eigenvalue weighted by Gasteiger charge is 2.45. The Labute approximate surface area is 290 Å². The van der Waals surface area contributed by atoms with Crippen LogP contribution in [0, 0.1) is 5.92 Å². The first kappa shape index (κ1) is 40.1. The van der Waals surface area contributed by atoms with E-state index >= 15 is 0 Å². The first-order valence-electron chi connectivity index (χ1n) is 16.8. The molecule has 260 valence electrons. The highest BCUT2D eigenvalue weighted by atomic mass is 35.5. The molecule has 2 aromatic rings. The van der Waals surface area contributed by atoms with Gasteiger partial charge in [0, 0.05) is 31.9 Å². The third-order valence-corrected chi connectivity index (χ3v) is 9.88. The lowest BCUT2D eigenvalue weighted by Crippen LogP contribution is -2.63. The first-order valence-corrected chi connectivity index (χ1v) is 18.7. The number of nitrogens with zero attached hydrogens (tertiary/aromatic N) is 2. The van der Waals surface area contributed by atoms with Gasteiger partial charge in [-0.05, 0) is 99.5 Å². The lowest BCUT2D eigenvalue weighted by Gasteiger charge is -2.48. The van der Waals surface area contributed by atoms with Crippen molar-refractivity contribution in [2.45, 2.75) is 96.6 Å². The fraction of sp³-hybridized carbons (Fsp3) is 0.629. The van der Waals surface area contributed by atoms with Crippen LogP contribution in [0.2, 0.25) is 0 Å². The molecule has 1 aliphatic heterocycles. The summed E-state index contributed by atoms with van der Waals surface area (Å²) in [5.41, 5.74) is 1.30. The van der Waals surface area contributed by atoms with Crippen molar-refractivity contribution in [3.8, 4) is 11.5 Å². The molecule has 0 spiro atoms. The summed E-state index contributed by atoms with van der Waals surface area (Å²) >= 11 is 0. The summed E-state index contributed by atoms with van der Waals surface area (Å²) in [4.78, 5) is 19.1. The summed E-state index contributed by atoms with van der Waals surface area (Å²) in [5.74, 6) is 2.26. The first-order chi connectivity index (χ1) is 21.2. The predicted octanol–water partition coefficient (Wildman–Crippen LogP) is 7.63. The van der Waals surface area contributed by atoms with E-state index in [1.165, 1.54) is 37.7 Å². The highest BCUT2D eigenvalue weighted by Crippen LogP contribution is 2.32. The van der Waals surface area contributed by atoms with Gasteiger partial charge in [0.15, 0.2) is 0 Å². The highest BCUT2D eigenvalue weighted by molar-refractivity contribution is 7.92. The number of hydrogen-bond acceptors (Lipinski definition) is 6. The summed E-state index contributed by atoms with van der Waals surface area (Å²) in [6, 6.07) is 15.0. The van der Waals surface area contributed by atoms with Crippen molar-refractivity contribution in [3.05, 3.63) is 54.1 Å². The molecular formula is C35H56Cl2N4O4S. The molecule has 2 aliphatic rings. The quantitative estimate of drug-likeness (QED) is 0.187. The van der Waals surface area contributed by atoms with Gasteiger partial charge in [-0.1, -0.05) is 58.1 Å². The van der Waals surface area contributed by atoms with Gasteiger partial charge < -0.3 is 10.1 Å². The van der Waals surface area contributed by atoms with Crippen LogP contribution in [0.5, 0.6) is 11.5 Å². The van der Waals surface area contributed by atoms with E-state index in [2.05, 4.69) is 45.8 Å². The minimum atomic E-state index is -3.31. The van der Waals surface area contributed by atoms with Gasteiger partial charge in [0.25, 0.3) is 0 Å². The molecule has 8 nitrogen and oxygen atoms in total. The van der Waals surface area contributed by atoms with Gasteiger partial charge in [0.2, 0.25) is 15.9 Å². The van der Waals surface area contributed by atoms with Crippen LogP contribution >= 0.6 is 24.8 Å². The molecule has 1 aliphatic carbocycles. The van der Waals surface area contributed by atoms with Crippen molar-refractivity contribution < 1.29 is 17.9 Å². The van der Waals surface area contributed by atoms with Crippen LogP contribution in [0.25, 0.3) is 0 Å². The monoisotopic (exact) mass is 698 g/mol. The number of carbonyl (C=O) groups excluding carboxylic acids is 1. The number of amides is 1. The molecule has 11 heteroatoms. The molecule has 4 rings (SSSR count). The minimum Gasteiger partial charge on any atom is -0.457 e. The Hall–Kier alpha value is -2.04. The molecule has 46 heavy (non-hydrogen) atoms. The molecule has 2 N–H and O–H groups in total. The van der Waals surface area contributed by atoms with Crippen LogP contribution in [0.3, 0.4) is 0 Å². The Morgan fingerprint density at radius 2 is 1.43 bits per heavy atom. The zero-order valence-corrected chi connectivity index (χ0v) is 30.4. The van der Waals surface area contributed by atoms with Crippen LogP contribution in [0.15, 0.2) is 48.5 Å². The van der Waals surface area contributed by atoms with Gasteiger partial charge in [0.05, 0.1) is 6.26 Å². The molecule has 1 saturated heterocycles. The Balaban J connectivity index is 0.00000368. The number of anilines is 1. The molecule has 0 unspecified atom stereocenters. The number of hydrogen-bond donors (Lipinski definition) is 2. The molecule has 0 radical (unpaired) electrons. The number of ether oxygens (including phenoxy) is 1. The maximum Gasteiger partial charge on any atom is 0.240 e. The number of unbranched alkanes of at least 4 members (excludes halogenated alkanes) is 2. The molecule has 1 amide bonds. The fourth-order valence-electron chi connectivity index (χ4n) is 6.66. The summed E-state index contributed by atoms with van der Waals surface area (Å²) < 4.78 is 31.3. The van der Waals surface area contributed by atoms with Crippen LogP contribution in [-0.2, 0) is 21.4 Å². The Morgan fingerprint density at radius 1 is 0.891 bits per heavy atom. The van der Waals surface area contributed by atoms with Gasteiger partial charge in [-0.25, -0.2) is 8.42 Å². The van der Waals surface area contributed by atoms with E-state index in [0.29, 0.717) is 17.4 Å². The second-order valence-corrected chi connectivity index (χ2v) is 14.6. The minimum absolute atomic E-state index is 0. The molecule has 1 heterocycles. The van der Waals surface area contributed by atoms with Gasteiger partial charge in [-0.2, -0.15) is 0 Å². The molecule has 0 atom stereocenters. The number of carbonyl (C=O) groups is 1. The number of nitrogens with one attached hydrogen (secondary N) is 2. The van der Waals surface area contributed by atoms with Crippen LogP contribution in [0.4, 0.5) is 5.69 Å². The fourth-order valence-corrected chi connectivity index (χ4v) is 7.23. The van der Waals surface area contributed by atoms with Crippen molar-refractivity contribution in [2.75, 3.05) is 43.7 Å². The van der Waals surface area contributed by atoms with Gasteiger partial charge in [0.1, 0.15) is 17.0 Å². The van der Waals surface area contributed by atoms with E-state index in [0.717, 1.165) is 89.8 Å². The van der Waals surface area contributed by atoms with Gasteiger partial charge in [-0.3, -0.25) is 19.3 Å². The molecule has 1 saturated carbocycles. The lowest BCUT2D eigenvalue weighted by molar-refractivity contribution is -0.138. The Kier molecular flexibility index (Phi) is 17.2. The molecular weight excluding hydrogens is 643 g/mol. The van der Waals surface area contributed by atoms with Crippen molar-refractivity contribution in [2.24, 2.45) is 5.92 Å². The van der Waals surface area contributed by atoms with Gasteiger partial charge >= 0.3 is 0 Å². The topological polar surface area (TPSA) is 91.0 Å². The van der Waals surface area contributed by atoms with Crippen LogP contribution < -0.4 is 14.8 Å². The summed E-state index contributed by atoms with van der Waals surface area (Å²) in [5, 5.41) is 3.46. The summed E-state index contributed by atoms with van der Waals surface area (Å²) in [6.45, 7) is 9.93. The van der Waals surface area contributed by atoms with Gasteiger partial charge in [-0.15, -0.1) is 24.8 Å². The lowest BCUT2D eigenvalue weighted by atomic mass is 9.83. The van der Waals surface area contributed by atoms with Crippen LogP contribution in [-0.4, -0.2) is 68.6 Å². The maximum atomic E-state index is 14.0. The standard InChI is InChI=1S/C35H54N4O4S.2ClH/c1-4-6-23-39(24-7-5-2)35(34(40)36-27-29-11-9-8-10-12-29)21-25-38(26-22-35)28-30-13-17-32(18-14-30)43-33-19-15-31(16-20-33)37-44(3,41)42;;/h13-20,29,37H,4-12,21-28H2,1-3H3,(H,36,40);2*1H. The zero-order chi connectivity index (χ0) is 31.4. The number of piperidine rings is 1.